The van der Waals surface area contributed by atoms with Crippen LogP contribution in [0.4, 0.5) is 0 Å². The summed E-state index contributed by atoms with van der Waals surface area (Å²) in [6.07, 6.45) is -3.31. The summed E-state index contributed by atoms with van der Waals surface area (Å²) in [4.78, 5) is 172. The molecule has 0 aliphatic carbocycles. The van der Waals surface area contributed by atoms with Gasteiger partial charge in [-0.1, -0.05) is 61.8 Å². The monoisotopic (exact) mass is 1170 g/mol. The molecule has 22 N–H and O–H groups in total. The Kier molecular flexibility index (Phi) is 33.7. The zero-order valence-corrected chi connectivity index (χ0v) is 47.6. The third kappa shape index (κ3) is 27.6. The van der Waals surface area contributed by atoms with Gasteiger partial charge in [-0.3, -0.25) is 57.7 Å². The van der Waals surface area contributed by atoms with Crippen molar-refractivity contribution < 1.29 is 93.0 Å². The zero-order chi connectivity index (χ0) is 63.3. The van der Waals surface area contributed by atoms with Gasteiger partial charge in [0.05, 0.1) is 32.3 Å². The number of nitrogens with zero attached hydrogens (tertiary/aromatic N) is 1. The van der Waals surface area contributed by atoms with E-state index in [1.807, 2.05) is 0 Å². The third-order valence-corrected chi connectivity index (χ3v) is 12.4. The highest BCUT2D eigenvalue weighted by Gasteiger charge is 2.37. The highest BCUT2D eigenvalue weighted by Crippen LogP contribution is 2.12. The van der Waals surface area contributed by atoms with Crippen LogP contribution < -0.4 is 70.4 Å². The van der Waals surface area contributed by atoms with Crippen molar-refractivity contribution in [3.05, 3.63) is 0 Å². The maximum Gasteiger partial charge on any atom is 0.326 e. The Balaban J connectivity index is 6.03. The largest absolute Gasteiger partial charge is 0.481 e. The van der Waals surface area contributed by atoms with E-state index in [-0.39, 0.29) is 44.1 Å². The number of aliphatic hydroxyl groups excluding tert-OH is 3. The number of aliphatic carboxylic acids is 3. The number of nitrogens with two attached hydrogens (primary N) is 3. The van der Waals surface area contributed by atoms with Crippen LogP contribution in [0.3, 0.4) is 0 Å². The van der Waals surface area contributed by atoms with Crippen molar-refractivity contribution in [2.75, 3.05) is 26.3 Å². The molecule has 10 amide bonds. The number of carbonyl (C=O) groups is 13. The van der Waals surface area contributed by atoms with Gasteiger partial charge in [-0.25, -0.2) is 9.59 Å². The second-order valence-corrected chi connectivity index (χ2v) is 20.6. The van der Waals surface area contributed by atoms with Crippen LogP contribution in [0.25, 0.3) is 0 Å². The number of hydrogen-bond acceptors (Lipinski definition) is 18. The van der Waals surface area contributed by atoms with Gasteiger partial charge in [0.2, 0.25) is 59.1 Å². The lowest BCUT2D eigenvalue weighted by atomic mass is 9.97. The van der Waals surface area contributed by atoms with Gasteiger partial charge in [-0.2, -0.15) is 0 Å². The SMILES string of the molecule is CC[C@H](C)[C@H](NC(=O)CNC(=O)[C@H](CO)NC(=O)C[C@@H](NC(=O)[C@H](CC(C)C)NC(=O)[C@@H](NC(=O)[C@@H](N)[C@@H](C)O)C(C)C)C(=O)O)C(=O)N[C@@H](CO)C(=O)N[C@@H](CCC(=O)O)C(=O)N[C@H](C(=O)N[C@@H](CCCN=C(N)N)C(=O)O)C(C)C. The van der Waals surface area contributed by atoms with Crippen LogP contribution in [0.15, 0.2) is 4.99 Å². The van der Waals surface area contributed by atoms with E-state index in [4.69, 9.17) is 17.2 Å². The molecule has 0 spiro atoms. The minimum Gasteiger partial charge on any atom is -0.481 e. The predicted molar refractivity (Wildman–Crippen MR) is 289 cm³/mol. The number of amides is 10. The first kappa shape index (κ1) is 74.2. The topological polar surface area (TPSA) is 554 Å². The number of guanidine groups is 1. The molecule has 0 aliphatic rings. The number of carbonyl (C=O) groups excluding carboxylic acids is 10. The Hall–Kier alpha value is -7.78. The molecule has 0 saturated heterocycles. The van der Waals surface area contributed by atoms with Crippen molar-refractivity contribution in [3.8, 4) is 0 Å². The number of aliphatic hydroxyl groups is 3. The molecule has 0 aliphatic heterocycles. The van der Waals surface area contributed by atoms with E-state index in [1.165, 1.54) is 27.7 Å². The fraction of sp³-hybridized carbons (Fsp3) is 0.714. The van der Waals surface area contributed by atoms with E-state index in [9.17, 15) is 93.0 Å². The van der Waals surface area contributed by atoms with Gasteiger partial charge in [-0.05, 0) is 56.3 Å². The summed E-state index contributed by atoms with van der Waals surface area (Å²) >= 11 is 0. The molecule has 0 unspecified atom stereocenters. The Morgan fingerprint density at radius 3 is 1.41 bits per heavy atom. The molecule has 0 aromatic carbocycles. The summed E-state index contributed by atoms with van der Waals surface area (Å²) in [5, 5.41) is 81.7. The normalized spacial score (nSPS) is 15.6. The molecule has 0 aromatic heterocycles. The van der Waals surface area contributed by atoms with Crippen LogP contribution in [0.2, 0.25) is 0 Å². The van der Waals surface area contributed by atoms with Gasteiger partial charge in [0, 0.05) is 13.0 Å². The molecule has 0 aromatic rings. The summed E-state index contributed by atoms with van der Waals surface area (Å²) in [5.41, 5.74) is 16.3. The average Bonchev–Trinajstić information content (AvgIpc) is 3.38. The lowest BCUT2D eigenvalue weighted by Crippen LogP contribution is -2.61. The second-order valence-electron chi connectivity index (χ2n) is 20.6. The lowest BCUT2D eigenvalue weighted by molar-refractivity contribution is -0.144. The van der Waals surface area contributed by atoms with Crippen molar-refractivity contribution in [3.63, 3.8) is 0 Å². The third-order valence-electron chi connectivity index (χ3n) is 12.4. The van der Waals surface area contributed by atoms with Gasteiger partial charge < -0.3 is 101 Å². The minimum atomic E-state index is -1.96. The first-order chi connectivity index (χ1) is 38.1. The molecular formula is C49H86N14O19. The Labute approximate surface area is 474 Å². The Bertz CT molecular complexity index is 2250. The number of aliphatic imine (C=N–C) groups is 1. The summed E-state index contributed by atoms with van der Waals surface area (Å²) < 4.78 is 0. The van der Waals surface area contributed by atoms with Crippen LogP contribution in [0.5, 0.6) is 0 Å². The Morgan fingerprint density at radius 2 is 0.951 bits per heavy atom. The number of hydrogen-bond donors (Lipinski definition) is 19. The molecule has 0 heterocycles. The molecule has 33 heteroatoms. The van der Waals surface area contributed by atoms with Crippen molar-refractivity contribution in [1.82, 2.24) is 53.2 Å². The maximum absolute atomic E-state index is 13.6. The van der Waals surface area contributed by atoms with E-state index in [0.29, 0.717) is 0 Å². The van der Waals surface area contributed by atoms with E-state index in [2.05, 4.69) is 58.2 Å². The van der Waals surface area contributed by atoms with Crippen LogP contribution in [0.1, 0.15) is 107 Å². The molecule has 0 saturated carbocycles. The maximum atomic E-state index is 13.6. The molecular weight excluding hydrogens is 1090 g/mol. The summed E-state index contributed by atoms with van der Waals surface area (Å²) in [5.74, 6) is -17.4. The van der Waals surface area contributed by atoms with Gasteiger partial charge in [-0.15, -0.1) is 0 Å². The standard InChI is InChI=1S/C49H86N14O19/c1-10-24(8)38(46(78)60-31(20-65)42(74)56-26(13-14-34(69)70)40(72)62-36(22(4)5)44(76)57-27(47(79)80)12-11-15-53-49(51)52)61-33(68)18-54-39(71)30(19-64)55-32(67)17-29(48(81)82)59-41(73)28(16-21(2)3)58-45(77)37(23(6)7)63-43(75)35(50)25(9)66/h21-31,35-38,64-66H,10-20,50H2,1-9H3,(H,54,71)(H,55,67)(H,56,74)(H,57,76)(H,58,77)(H,59,73)(H,60,78)(H,61,68)(H,62,72)(H,63,75)(H,69,70)(H,79,80)(H,81,82)(H4,51,52,53)/t24-,25+,26-,27-,28-,29+,30-,31-,35-,36-,37-,38-/m0/s1. The highest BCUT2D eigenvalue weighted by atomic mass is 16.4. The van der Waals surface area contributed by atoms with Crippen molar-refractivity contribution >= 4 is 82.9 Å². The molecule has 466 valence electrons. The smallest absolute Gasteiger partial charge is 0.326 e. The predicted octanol–water partition coefficient (Wildman–Crippen LogP) is -6.96. The van der Waals surface area contributed by atoms with Gasteiger partial charge in [0.25, 0.3) is 0 Å². The van der Waals surface area contributed by atoms with Crippen LogP contribution >= 0.6 is 0 Å². The molecule has 0 rings (SSSR count). The van der Waals surface area contributed by atoms with E-state index < -0.39 is 200 Å². The van der Waals surface area contributed by atoms with E-state index in [0.717, 1.165) is 0 Å². The lowest BCUT2D eigenvalue weighted by Gasteiger charge is -2.28. The van der Waals surface area contributed by atoms with Gasteiger partial charge in [0.1, 0.15) is 60.4 Å². The number of carboxylic acids is 3. The van der Waals surface area contributed by atoms with Crippen molar-refractivity contribution in [1.29, 1.82) is 0 Å². The van der Waals surface area contributed by atoms with Crippen LogP contribution in [-0.4, -0.2) is 206 Å². The molecule has 0 radical (unpaired) electrons. The first-order valence-corrected chi connectivity index (χ1v) is 26.5. The Morgan fingerprint density at radius 1 is 0.500 bits per heavy atom. The highest BCUT2D eigenvalue weighted by molar-refractivity contribution is 5.98. The molecule has 82 heavy (non-hydrogen) atoms. The fourth-order valence-corrected chi connectivity index (χ4v) is 7.37. The summed E-state index contributed by atoms with van der Waals surface area (Å²) in [6.45, 7) is 11.0. The first-order valence-electron chi connectivity index (χ1n) is 26.5. The minimum absolute atomic E-state index is 0.0382. The van der Waals surface area contributed by atoms with Crippen molar-refractivity contribution in [2.45, 2.75) is 174 Å². The van der Waals surface area contributed by atoms with Gasteiger partial charge in [0.15, 0.2) is 5.96 Å². The second kappa shape index (κ2) is 37.3. The van der Waals surface area contributed by atoms with Crippen LogP contribution in [0, 0.1) is 23.7 Å². The zero-order valence-electron chi connectivity index (χ0n) is 47.6. The summed E-state index contributed by atoms with van der Waals surface area (Å²) in [7, 11) is 0. The quantitative estimate of drug-likeness (QED) is 0.0154. The fourth-order valence-electron chi connectivity index (χ4n) is 7.37. The molecule has 0 bridgehead atoms. The molecule has 33 nitrogen and oxygen atoms in total. The molecule has 12 atom stereocenters. The van der Waals surface area contributed by atoms with E-state index >= 15 is 0 Å². The summed E-state index contributed by atoms with van der Waals surface area (Å²) in [6, 6.07) is -15.7. The molecule has 0 fully saturated rings. The van der Waals surface area contributed by atoms with Crippen molar-refractivity contribution in [2.24, 2.45) is 45.9 Å². The van der Waals surface area contributed by atoms with Gasteiger partial charge >= 0.3 is 17.9 Å². The van der Waals surface area contributed by atoms with Crippen LogP contribution in [-0.2, 0) is 62.3 Å². The number of rotatable bonds is 39. The number of nitrogens with one attached hydrogen (secondary N) is 10. The van der Waals surface area contributed by atoms with E-state index in [1.54, 1.807) is 34.6 Å². The number of carboxylic acid groups (broad SMARTS) is 3. The average molecular weight is 1180 g/mol.